The molecule has 2 rings (SSSR count). The Morgan fingerprint density at radius 3 is 2.63 bits per heavy atom. The van der Waals surface area contributed by atoms with Crippen LogP contribution in [0.5, 0.6) is 5.75 Å². The monoisotopic (exact) mass is 346 g/mol. The summed E-state index contributed by atoms with van der Waals surface area (Å²) < 4.78 is 6.25. The molecule has 1 N–H and O–H groups in total. The minimum atomic E-state index is 0.0882. The van der Waals surface area contributed by atoms with Crippen LogP contribution in [0.1, 0.15) is 27.4 Å². The standard InChI is InChI=1S/C13H19BrN2O2S/c1-8-10(14)11(18-3)12(19-8)13(17)16-6-4-9(15-2)5-7-16/h9,15H,4-7H2,1-3H3. The van der Waals surface area contributed by atoms with Gasteiger partial charge in [-0.05, 0) is 42.7 Å². The summed E-state index contributed by atoms with van der Waals surface area (Å²) in [7, 11) is 3.58. The lowest BCUT2D eigenvalue weighted by atomic mass is 10.1. The maximum absolute atomic E-state index is 12.6. The number of piperidine rings is 1. The Morgan fingerprint density at radius 2 is 2.11 bits per heavy atom. The van der Waals surface area contributed by atoms with Gasteiger partial charge in [0, 0.05) is 24.0 Å². The van der Waals surface area contributed by atoms with Gasteiger partial charge in [-0.25, -0.2) is 0 Å². The molecule has 1 aliphatic heterocycles. The number of ether oxygens (including phenoxy) is 1. The van der Waals surface area contributed by atoms with Gasteiger partial charge < -0.3 is 15.0 Å². The zero-order valence-electron chi connectivity index (χ0n) is 11.5. The van der Waals surface area contributed by atoms with Crippen molar-refractivity contribution in [3.63, 3.8) is 0 Å². The second-order valence-electron chi connectivity index (χ2n) is 4.69. The van der Waals surface area contributed by atoms with E-state index in [1.165, 1.54) is 11.3 Å². The lowest BCUT2D eigenvalue weighted by Crippen LogP contribution is -2.43. The summed E-state index contributed by atoms with van der Waals surface area (Å²) in [4.78, 5) is 16.3. The van der Waals surface area contributed by atoms with E-state index in [1.807, 2.05) is 18.9 Å². The van der Waals surface area contributed by atoms with Crippen LogP contribution >= 0.6 is 27.3 Å². The number of nitrogens with zero attached hydrogens (tertiary/aromatic N) is 1. The van der Waals surface area contributed by atoms with Gasteiger partial charge in [-0.1, -0.05) is 0 Å². The van der Waals surface area contributed by atoms with Crippen molar-refractivity contribution in [1.29, 1.82) is 0 Å². The molecular formula is C13H19BrN2O2S. The van der Waals surface area contributed by atoms with Crippen molar-refractivity contribution >= 4 is 33.2 Å². The third kappa shape index (κ3) is 2.95. The molecule has 1 aliphatic rings. The first-order valence-corrected chi connectivity index (χ1v) is 7.98. The highest BCUT2D eigenvalue weighted by Crippen LogP contribution is 2.39. The van der Waals surface area contributed by atoms with Gasteiger partial charge in [0.1, 0.15) is 4.88 Å². The number of aryl methyl sites for hydroxylation is 1. The molecule has 6 heteroatoms. The van der Waals surface area contributed by atoms with Crippen LogP contribution in [0.3, 0.4) is 0 Å². The fraction of sp³-hybridized carbons (Fsp3) is 0.615. The zero-order valence-corrected chi connectivity index (χ0v) is 13.9. The lowest BCUT2D eigenvalue weighted by Gasteiger charge is -2.31. The largest absolute Gasteiger partial charge is 0.494 e. The second-order valence-corrected chi connectivity index (χ2v) is 6.71. The average molecular weight is 347 g/mol. The Bertz CT molecular complexity index is 467. The first kappa shape index (κ1) is 14.8. The third-order valence-corrected chi connectivity index (χ3v) is 5.85. The molecule has 0 unspecified atom stereocenters. The number of halogens is 1. The molecule has 1 fully saturated rings. The fourth-order valence-corrected chi connectivity index (χ4v) is 4.06. The van der Waals surface area contributed by atoms with Crippen LogP contribution in [0, 0.1) is 6.92 Å². The van der Waals surface area contributed by atoms with Gasteiger partial charge in [0.2, 0.25) is 0 Å². The number of hydrogen-bond donors (Lipinski definition) is 1. The second kappa shape index (κ2) is 6.24. The van der Waals surface area contributed by atoms with Crippen LogP contribution < -0.4 is 10.1 Å². The summed E-state index contributed by atoms with van der Waals surface area (Å²) in [6.07, 6.45) is 2.02. The van der Waals surface area contributed by atoms with Gasteiger partial charge in [0.05, 0.1) is 11.6 Å². The molecule has 4 nitrogen and oxygen atoms in total. The molecule has 0 radical (unpaired) electrons. The Balaban J connectivity index is 2.14. The van der Waals surface area contributed by atoms with Gasteiger partial charge in [-0.15, -0.1) is 11.3 Å². The Morgan fingerprint density at radius 1 is 1.47 bits per heavy atom. The minimum absolute atomic E-state index is 0.0882. The first-order chi connectivity index (χ1) is 9.08. The van der Waals surface area contributed by atoms with E-state index in [2.05, 4.69) is 21.2 Å². The van der Waals surface area contributed by atoms with Gasteiger partial charge in [-0.3, -0.25) is 4.79 Å². The fourth-order valence-electron chi connectivity index (χ4n) is 2.34. The lowest BCUT2D eigenvalue weighted by molar-refractivity contribution is 0.0709. The molecule has 106 valence electrons. The summed E-state index contributed by atoms with van der Waals surface area (Å²) in [5, 5.41) is 3.27. The van der Waals surface area contributed by atoms with Crippen molar-refractivity contribution < 1.29 is 9.53 Å². The molecule has 1 aromatic heterocycles. The first-order valence-electron chi connectivity index (χ1n) is 6.37. The molecule has 2 heterocycles. The Kier molecular flexibility index (Phi) is 4.86. The van der Waals surface area contributed by atoms with Gasteiger partial charge in [0.15, 0.2) is 5.75 Å². The predicted molar refractivity (Wildman–Crippen MR) is 81.3 cm³/mol. The average Bonchev–Trinajstić information content (AvgIpc) is 2.73. The molecule has 0 atom stereocenters. The molecule has 0 aliphatic carbocycles. The summed E-state index contributed by atoms with van der Waals surface area (Å²) in [6, 6.07) is 0.530. The summed E-state index contributed by atoms with van der Waals surface area (Å²) >= 11 is 4.97. The van der Waals surface area contributed by atoms with Crippen molar-refractivity contribution in [2.24, 2.45) is 0 Å². The molecule has 0 spiro atoms. The van der Waals surface area contributed by atoms with E-state index in [-0.39, 0.29) is 5.91 Å². The van der Waals surface area contributed by atoms with Crippen molar-refractivity contribution in [1.82, 2.24) is 10.2 Å². The van der Waals surface area contributed by atoms with Crippen molar-refractivity contribution in [2.75, 3.05) is 27.2 Å². The SMILES string of the molecule is CNC1CCN(C(=O)c2sc(C)c(Br)c2OC)CC1. The maximum Gasteiger partial charge on any atom is 0.267 e. The molecule has 0 saturated carbocycles. The summed E-state index contributed by atoms with van der Waals surface area (Å²) in [6.45, 7) is 3.60. The number of rotatable bonds is 3. The highest BCUT2D eigenvalue weighted by Gasteiger charge is 2.27. The van der Waals surface area contributed by atoms with E-state index in [1.54, 1.807) is 7.11 Å². The minimum Gasteiger partial charge on any atom is -0.494 e. The molecule has 1 aromatic rings. The Hall–Kier alpha value is -0.590. The maximum atomic E-state index is 12.6. The number of carbonyl (C=O) groups excluding carboxylic acids is 1. The van der Waals surface area contributed by atoms with E-state index in [0.29, 0.717) is 16.7 Å². The quantitative estimate of drug-likeness (QED) is 0.914. The van der Waals surface area contributed by atoms with Crippen LogP contribution in [0.25, 0.3) is 0 Å². The zero-order chi connectivity index (χ0) is 14.0. The van der Waals surface area contributed by atoms with Gasteiger partial charge in [-0.2, -0.15) is 0 Å². The number of likely N-dealkylation sites (tertiary alicyclic amines) is 1. The number of hydrogen-bond acceptors (Lipinski definition) is 4. The Labute approximate surface area is 126 Å². The number of nitrogens with one attached hydrogen (secondary N) is 1. The topological polar surface area (TPSA) is 41.6 Å². The molecule has 1 saturated heterocycles. The van der Waals surface area contributed by atoms with E-state index in [9.17, 15) is 4.79 Å². The highest BCUT2D eigenvalue weighted by molar-refractivity contribution is 9.10. The van der Waals surface area contributed by atoms with Crippen molar-refractivity contribution in [3.8, 4) is 5.75 Å². The van der Waals surface area contributed by atoms with E-state index in [0.717, 1.165) is 35.3 Å². The molecule has 19 heavy (non-hydrogen) atoms. The molecule has 0 bridgehead atoms. The van der Waals surface area contributed by atoms with Gasteiger partial charge >= 0.3 is 0 Å². The third-order valence-electron chi connectivity index (χ3n) is 3.56. The number of amides is 1. The highest BCUT2D eigenvalue weighted by atomic mass is 79.9. The van der Waals surface area contributed by atoms with Crippen LogP contribution in [0.4, 0.5) is 0 Å². The van der Waals surface area contributed by atoms with Crippen molar-refractivity contribution in [3.05, 3.63) is 14.2 Å². The van der Waals surface area contributed by atoms with Crippen LogP contribution in [-0.4, -0.2) is 44.1 Å². The molecular weight excluding hydrogens is 328 g/mol. The number of carbonyl (C=O) groups is 1. The van der Waals surface area contributed by atoms with E-state index >= 15 is 0 Å². The van der Waals surface area contributed by atoms with E-state index in [4.69, 9.17) is 4.74 Å². The molecule has 1 amide bonds. The number of thiophene rings is 1. The van der Waals surface area contributed by atoms with Crippen LogP contribution in [-0.2, 0) is 0 Å². The van der Waals surface area contributed by atoms with Crippen LogP contribution in [0.15, 0.2) is 4.47 Å². The van der Waals surface area contributed by atoms with Gasteiger partial charge in [0.25, 0.3) is 5.91 Å². The van der Waals surface area contributed by atoms with Crippen LogP contribution in [0.2, 0.25) is 0 Å². The summed E-state index contributed by atoms with van der Waals surface area (Å²) in [5.41, 5.74) is 0. The smallest absolute Gasteiger partial charge is 0.267 e. The summed E-state index contributed by atoms with van der Waals surface area (Å²) in [5.74, 6) is 0.758. The normalized spacial score (nSPS) is 16.7. The molecule has 0 aromatic carbocycles. The van der Waals surface area contributed by atoms with E-state index < -0.39 is 0 Å². The predicted octanol–water partition coefficient (Wildman–Crippen LogP) is 2.65. The number of methoxy groups -OCH3 is 1. The van der Waals surface area contributed by atoms with Crippen molar-refractivity contribution in [2.45, 2.75) is 25.8 Å².